The van der Waals surface area contributed by atoms with Gasteiger partial charge in [-0.05, 0) is 0 Å². The zero-order valence-corrected chi connectivity index (χ0v) is 16.6. The van der Waals surface area contributed by atoms with Crippen LogP contribution in [0.25, 0.3) is 0 Å². The van der Waals surface area contributed by atoms with E-state index < -0.39 is 14.2 Å². The van der Waals surface area contributed by atoms with Crippen molar-refractivity contribution < 1.29 is 11.9 Å². The Kier molecular flexibility index (Phi) is 16.4. The first-order valence-electron chi connectivity index (χ1n) is 9.61. The van der Waals surface area contributed by atoms with E-state index in [-0.39, 0.29) is 5.21 Å². The van der Waals surface area contributed by atoms with Crippen molar-refractivity contribution in [2.75, 3.05) is 0 Å². The Morgan fingerprint density at radius 2 is 0.818 bits per heavy atom. The molecule has 22 heavy (non-hydrogen) atoms. The van der Waals surface area contributed by atoms with E-state index in [1.165, 1.54) is 83.5 Å². The van der Waals surface area contributed by atoms with Gasteiger partial charge in [-0.25, -0.2) is 0 Å². The maximum absolute atomic E-state index is 10.7. The Bertz CT molecular complexity index is 263. The molecular weight excluding hydrogens is 339 g/mol. The predicted octanol–water partition coefficient (Wildman–Crippen LogP) is 5.60. The van der Waals surface area contributed by atoms with Crippen molar-refractivity contribution in [3.63, 3.8) is 0 Å². The molecule has 0 rings (SSSR count). The van der Waals surface area contributed by atoms with Gasteiger partial charge in [0.05, 0.1) is 0 Å². The van der Waals surface area contributed by atoms with E-state index in [1.807, 2.05) is 0 Å². The Morgan fingerprint density at radius 1 is 0.545 bits per heavy atom. The minimum atomic E-state index is -4.32. The second-order valence-corrected chi connectivity index (χ2v) is 10.4. The second kappa shape index (κ2) is 16.1. The fraction of sp³-hybridized carbons (Fsp3) is 1.00. The summed E-state index contributed by atoms with van der Waals surface area (Å²) >= 11 is -4.32. The minimum absolute atomic E-state index is 0.122. The molecule has 2 N–H and O–H groups in total. The summed E-state index contributed by atoms with van der Waals surface area (Å²) in [5.41, 5.74) is 0. The van der Waals surface area contributed by atoms with Crippen molar-refractivity contribution in [2.45, 2.75) is 115 Å². The summed E-state index contributed by atoms with van der Waals surface area (Å²) in [5, 5.41) is 0.122. The quantitative estimate of drug-likeness (QED) is 0.256. The average Bonchev–Trinajstić information content (AvgIpc) is 2.45. The third-order valence-electron chi connectivity index (χ3n) is 4.30. The van der Waals surface area contributed by atoms with Crippen LogP contribution in [0.5, 0.6) is 0 Å². The van der Waals surface area contributed by atoms with Crippen molar-refractivity contribution in [1.29, 1.82) is 0 Å². The molecule has 0 aromatic carbocycles. The van der Waals surface area contributed by atoms with E-state index in [0.717, 1.165) is 12.8 Å². The Hall–Kier alpha value is 0.278. The van der Waals surface area contributed by atoms with E-state index in [4.69, 9.17) is 8.19 Å². The molecule has 134 valence electrons. The van der Waals surface area contributed by atoms with Gasteiger partial charge in [-0.1, -0.05) is 39.0 Å². The topological polar surface area (TPSA) is 57.5 Å². The van der Waals surface area contributed by atoms with Crippen LogP contribution < -0.4 is 0 Å². The third-order valence-corrected chi connectivity index (χ3v) is 6.19. The first kappa shape index (κ1) is 22.3. The second-order valence-electron chi connectivity index (χ2n) is 6.69. The fourth-order valence-electron chi connectivity index (χ4n) is 2.87. The van der Waals surface area contributed by atoms with Crippen LogP contribution >= 0.6 is 0 Å². The van der Waals surface area contributed by atoms with Gasteiger partial charge in [0.25, 0.3) is 0 Å². The molecule has 0 saturated heterocycles. The molecule has 0 aliphatic carbocycles. The van der Waals surface area contributed by atoms with Crippen LogP contribution in [-0.2, 0) is 3.74 Å². The summed E-state index contributed by atoms with van der Waals surface area (Å²) in [6, 6.07) is 0. The summed E-state index contributed by atoms with van der Waals surface area (Å²) < 4.78 is 28.3. The van der Waals surface area contributed by atoms with E-state index in [0.29, 0.717) is 6.42 Å². The molecule has 0 aromatic heterocycles. The number of hydrogen-bond acceptors (Lipinski definition) is 1. The molecule has 0 aliphatic heterocycles. The van der Waals surface area contributed by atoms with E-state index in [1.54, 1.807) is 0 Å². The molecule has 0 fully saturated rings. The number of hydrogen-bond donors (Lipinski definition) is 2. The van der Waals surface area contributed by atoms with Crippen LogP contribution in [0.3, 0.4) is 0 Å². The van der Waals surface area contributed by atoms with E-state index >= 15 is 0 Å². The molecule has 3 nitrogen and oxygen atoms in total. The summed E-state index contributed by atoms with van der Waals surface area (Å²) in [5.74, 6) is 0. The van der Waals surface area contributed by atoms with Crippen LogP contribution in [0.2, 0.25) is 5.21 Å². The molecule has 0 amide bonds. The summed E-state index contributed by atoms with van der Waals surface area (Å²) in [7, 11) is 0. The SMILES string of the molecule is CCCCCCCCCCCCCCCCCC[As](=O)(O)O. The molecule has 0 radical (unpaired) electrons. The van der Waals surface area contributed by atoms with Crippen molar-refractivity contribution in [2.24, 2.45) is 0 Å². The van der Waals surface area contributed by atoms with Crippen LogP contribution in [0, 0.1) is 0 Å². The van der Waals surface area contributed by atoms with Crippen molar-refractivity contribution in [3.8, 4) is 0 Å². The number of unbranched alkanes of at least 4 members (excludes halogenated alkanes) is 15. The van der Waals surface area contributed by atoms with E-state index in [9.17, 15) is 3.74 Å². The molecule has 0 saturated carbocycles. The Labute approximate surface area is 141 Å². The van der Waals surface area contributed by atoms with Gasteiger partial charge in [-0.15, -0.1) is 0 Å². The van der Waals surface area contributed by atoms with Gasteiger partial charge in [-0.2, -0.15) is 0 Å². The zero-order valence-electron chi connectivity index (χ0n) is 14.8. The first-order valence-corrected chi connectivity index (χ1v) is 13.4. The summed E-state index contributed by atoms with van der Waals surface area (Å²) in [6.45, 7) is 2.27. The van der Waals surface area contributed by atoms with Gasteiger partial charge in [0.15, 0.2) is 0 Å². The molecule has 0 unspecified atom stereocenters. The monoisotopic (exact) mass is 378 g/mol. The van der Waals surface area contributed by atoms with Gasteiger partial charge in [-0.3, -0.25) is 0 Å². The predicted molar refractivity (Wildman–Crippen MR) is 95.2 cm³/mol. The third kappa shape index (κ3) is 20.3. The standard InChI is InChI=1S/C18H39AsO3/c1-2-3-4-5-6-7-8-9-10-11-12-13-14-15-16-17-18-19(20,21)22/h2-18H2,1H3,(H2,20,21,22). The van der Waals surface area contributed by atoms with Gasteiger partial charge >= 0.3 is 102 Å². The van der Waals surface area contributed by atoms with Gasteiger partial charge in [0, 0.05) is 0 Å². The molecule has 4 heteroatoms. The van der Waals surface area contributed by atoms with Crippen molar-refractivity contribution >= 4 is 14.2 Å². The van der Waals surface area contributed by atoms with Gasteiger partial charge < -0.3 is 0 Å². The molecule has 0 heterocycles. The first-order chi connectivity index (χ1) is 10.6. The zero-order chi connectivity index (χ0) is 16.5. The van der Waals surface area contributed by atoms with Crippen LogP contribution in [-0.4, -0.2) is 22.4 Å². The van der Waals surface area contributed by atoms with Crippen LogP contribution in [0.4, 0.5) is 0 Å². The molecule has 0 atom stereocenters. The molecular formula is C18H39AsO3. The number of rotatable bonds is 17. The Balaban J connectivity index is 3.01. The van der Waals surface area contributed by atoms with Crippen LogP contribution in [0.1, 0.15) is 110 Å². The van der Waals surface area contributed by atoms with Gasteiger partial charge in [0.2, 0.25) is 0 Å². The van der Waals surface area contributed by atoms with Crippen molar-refractivity contribution in [1.82, 2.24) is 0 Å². The fourth-order valence-corrected chi connectivity index (χ4v) is 4.20. The Morgan fingerprint density at radius 3 is 1.09 bits per heavy atom. The maximum atomic E-state index is 10.7. The molecule has 0 spiro atoms. The molecule has 0 aliphatic rings. The van der Waals surface area contributed by atoms with E-state index in [2.05, 4.69) is 6.92 Å². The molecule has 0 bridgehead atoms. The molecule has 0 aromatic rings. The van der Waals surface area contributed by atoms with Crippen molar-refractivity contribution in [3.05, 3.63) is 0 Å². The van der Waals surface area contributed by atoms with Crippen LogP contribution in [0.15, 0.2) is 0 Å². The van der Waals surface area contributed by atoms with Gasteiger partial charge in [0.1, 0.15) is 0 Å². The summed E-state index contributed by atoms with van der Waals surface area (Å²) in [6.07, 6.45) is 20.7. The average molecular weight is 378 g/mol. The normalized spacial score (nSPS) is 12.0. The summed E-state index contributed by atoms with van der Waals surface area (Å²) in [4.78, 5) is 0.